The van der Waals surface area contributed by atoms with E-state index in [0.717, 1.165) is 31.0 Å². The summed E-state index contributed by atoms with van der Waals surface area (Å²) >= 11 is 0. The van der Waals surface area contributed by atoms with E-state index >= 15 is 0 Å². The van der Waals surface area contributed by atoms with E-state index in [9.17, 15) is 0 Å². The van der Waals surface area contributed by atoms with Crippen LogP contribution in [-0.2, 0) is 0 Å². The van der Waals surface area contributed by atoms with Crippen molar-refractivity contribution in [1.82, 2.24) is 10.2 Å². The number of hydrogen-bond acceptors (Lipinski definition) is 4. The fourth-order valence-electron chi connectivity index (χ4n) is 2.44. The van der Waals surface area contributed by atoms with Crippen LogP contribution in [0.1, 0.15) is 12.1 Å². The van der Waals surface area contributed by atoms with Crippen molar-refractivity contribution in [3.8, 4) is 0 Å². The zero-order valence-electron chi connectivity index (χ0n) is 9.93. The van der Waals surface area contributed by atoms with Gasteiger partial charge >= 0.3 is 0 Å². The maximum atomic E-state index is 5.95. The molecule has 0 amide bonds. The highest BCUT2D eigenvalue weighted by molar-refractivity contribution is 5.93. The third-order valence-corrected chi connectivity index (χ3v) is 3.38. The van der Waals surface area contributed by atoms with Crippen LogP contribution in [0.5, 0.6) is 0 Å². The molecule has 2 aromatic rings. The Bertz CT molecular complexity index is 552. The largest absolute Gasteiger partial charge is 0.353 e. The van der Waals surface area contributed by atoms with E-state index in [1.807, 2.05) is 19.1 Å². The summed E-state index contributed by atoms with van der Waals surface area (Å²) in [4.78, 5) is 2.24. The number of nitrogens with two attached hydrogens (primary N) is 1. The fourth-order valence-corrected chi connectivity index (χ4v) is 2.44. The van der Waals surface area contributed by atoms with Gasteiger partial charge < -0.3 is 10.6 Å². The van der Waals surface area contributed by atoms with Gasteiger partial charge in [-0.15, -0.1) is 5.10 Å². The van der Waals surface area contributed by atoms with Gasteiger partial charge in [0.2, 0.25) is 0 Å². The summed E-state index contributed by atoms with van der Waals surface area (Å²) in [5, 5.41) is 10.9. The van der Waals surface area contributed by atoms with Crippen LogP contribution in [0.3, 0.4) is 0 Å². The number of nitrogens with zero attached hydrogens (tertiary/aromatic N) is 3. The SMILES string of the molecule is Cc1nnc(N2CCC(N)C2)c2ccccc12. The average molecular weight is 228 g/mol. The smallest absolute Gasteiger partial charge is 0.159 e. The second-order valence-electron chi connectivity index (χ2n) is 4.65. The molecule has 3 rings (SSSR count). The number of rotatable bonds is 1. The molecule has 1 unspecified atom stereocenters. The van der Waals surface area contributed by atoms with Gasteiger partial charge in [0.25, 0.3) is 0 Å². The molecule has 1 aromatic heterocycles. The van der Waals surface area contributed by atoms with Crippen LogP contribution >= 0.6 is 0 Å². The molecule has 17 heavy (non-hydrogen) atoms. The number of anilines is 1. The molecule has 4 nitrogen and oxygen atoms in total. The minimum Gasteiger partial charge on any atom is -0.353 e. The summed E-state index contributed by atoms with van der Waals surface area (Å²) in [6.45, 7) is 3.85. The van der Waals surface area contributed by atoms with Crippen LogP contribution < -0.4 is 10.6 Å². The molecule has 0 saturated carbocycles. The van der Waals surface area contributed by atoms with Gasteiger partial charge in [0, 0.05) is 29.9 Å². The van der Waals surface area contributed by atoms with Crippen LogP contribution in [0.15, 0.2) is 24.3 Å². The van der Waals surface area contributed by atoms with Crippen molar-refractivity contribution in [2.45, 2.75) is 19.4 Å². The minimum atomic E-state index is 0.261. The lowest BCUT2D eigenvalue weighted by atomic mass is 10.1. The zero-order valence-corrected chi connectivity index (χ0v) is 9.93. The quantitative estimate of drug-likeness (QED) is 0.803. The predicted molar refractivity (Wildman–Crippen MR) is 69.1 cm³/mol. The van der Waals surface area contributed by atoms with Crippen molar-refractivity contribution < 1.29 is 0 Å². The molecule has 1 fully saturated rings. The summed E-state index contributed by atoms with van der Waals surface area (Å²) in [6, 6.07) is 8.55. The maximum Gasteiger partial charge on any atom is 0.159 e. The minimum absolute atomic E-state index is 0.261. The Morgan fingerprint density at radius 3 is 2.71 bits per heavy atom. The molecule has 1 aliphatic rings. The summed E-state index contributed by atoms with van der Waals surface area (Å²) in [7, 11) is 0. The lowest BCUT2D eigenvalue weighted by Gasteiger charge is -2.18. The first-order valence-corrected chi connectivity index (χ1v) is 5.98. The molecule has 2 N–H and O–H groups in total. The van der Waals surface area contributed by atoms with Crippen molar-refractivity contribution in [2.24, 2.45) is 5.73 Å². The Balaban J connectivity index is 2.14. The van der Waals surface area contributed by atoms with Crippen molar-refractivity contribution in [3.05, 3.63) is 30.0 Å². The lowest BCUT2D eigenvalue weighted by molar-refractivity contribution is 0.751. The molecule has 0 spiro atoms. The monoisotopic (exact) mass is 228 g/mol. The lowest BCUT2D eigenvalue weighted by Crippen LogP contribution is -2.27. The van der Waals surface area contributed by atoms with E-state index in [4.69, 9.17) is 5.73 Å². The van der Waals surface area contributed by atoms with Crippen LogP contribution in [-0.4, -0.2) is 29.3 Å². The first-order valence-electron chi connectivity index (χ1n) is 5.98. The van der Waals surface area contributed by atoms with E-state index in [2.05, 4.69) is 27.2 Å². The molecule has 88 valence electrons. The highest BCUT2D eigenvalue weighted by Crippen LogP contribution is 2.27. The second-order valence-corrected chi connectivity index (χ2v) is 4.65. The van der Waals surface area contributed by atoms with Gasteiger partial charge in [-0.2, -0.15) is 5.10 Å². The van der Waals surface area contributed by atoms with Crippen molar-refractivity contribution in [2.75, 3.05) is 18.0 Å². The first-order chi connectivity index (χ1) is 8.25. The summed E-state index contributed by atoms with van der Waals surface area (Å²) in [5.74, 6) is 0.971. The molecule has 1 aromatic carbocycles. The molecule has 0 bridgehead atoms. The Hall–Kier alpha value is -1.68. The van der Waals surface area contributed by atoms with E-state index in [1.54, 1.807) is 0 Å². The maximum absolute atomic E-state index is 5.95. The van der Waals surface area contributed by atoms with Gasteiger partial charge in [-0.05, 0) is 13.3 Å². The standard InChI is InChI=1S/C13H16N4/c1-9-11-4-2-3-5-12(11)13(16-15-9)17-7-6-10(14)8-17/h2-5,10H,6-8,14H2,1H3. The molecule has 1 atom stereocenters. The molecule has 4 heteroatoms. The number of aromatic nitrogens is 2. The van der Waals surface area contributed by atoms with Crippen molar-refractivity contribution in [1.29, 1.82) is 0 Å². The number of aryl methyl sites for hydroxylation is 1. The predicted octanol–water partition coefficient (Wildman–Crippen LogP) is 1.48. The average Bonchev–Trinajstić information content (AvgIpc) is 2.77. The fraction of sp³-hybridized carbons (Fsp3) is 0.385. The van der Waals surface area contributed by atoms with Gasteiger partial charge in [-0.1, -0.05) is 24.3 Å². The normalized spacial score (nSPS) is 20.1. The third kappa shape index (κ3) is 1.74. The summed E-state index contributed by atoms with van der Waals surface area (Å²) in [5.41, 5.74) is 6.93. The van der Waals surface area contributed by atoms with E-state index in [1.165, 1.54) is 10.8 Å². The van der Waals surface area contributed by atoms with Crippen LogP contribution in [0.2, 0.25) is 0 Å². The van der Waals surface area contributed by atoms with Gasteiger partial charge in [-0.25, -0.2) is 0 Å². The number of benzene rings is 1. The molecule has 0 radical (unpaired) electrons. The van der Waals surface area contributed by atoms with E-state index in [0.29, 0.717) is 0 Å². The Morgan fingerprint density at radius 2 is 2.00 bits per heavy atom. The second kappa shape index (κ2) is 3.96. The van der Waals surface area contributed by atoms with Crippen molar-refractivity contribution in [3.63, 3.8) is 0 Å². The van der Waals surface area contributed by atoms with Gasteiger partial charge in [-0.3, -0.25) is 0 Å². The van der Waals surface area contributed by atoms with Crippen LogP contribution in [0.25, 0.3) is 10.8 Å². The zero-order chi connectivity index (χ0) is 11.8. The van der Waals surface area contributed by atoms with Gasteiger partial charge in [0.05, 0.1) is 5.69 Å². The van der Waals surface area contributed by atoms with E-state index < -0.39 is 0 Å². The van der Waals surface area contributed by atoms with Crippen molar-refractivity contribution >= 4 is 16.6 Å². The molecule has 0 aliphatic carbocycles. The number of hydrogen-bond donors (Lipinski definition) is 1. The highest BCUT2D eigenvalue weighted by atomic mass is 15.3. The van der Waals surface area contributed by atoms with E-state index in [-0.39, 0.29) is 6.04 Å². The van der Waals surface area contributed by atoms with Crippen LogP contribution in [0.4, 0.5) is 5.82 Å². The topological polar surface area (TPSA) is 55.0 Å². The molecule has 2 heterocycles. The Labute approximate surface area is 100 Å². The molecule has 1 aliphatic heterocycles. The van der Waals surface area contributed by atoms with Crippen LogP contribution in [0, 0.1) is 6.92 Å². The first kappa shape index (κ1) is 10.5. The number of fused-ring (bicyclic) bond motifs is 1. The van der Waals surface area contributed by atoms with Gasteiger partial charge in [0.1, 0.15) is 0 Å². The molecular formula is C13H16N4. The highest BCUT2D eigenvalue weighted by Gasteiger charge is 2.22. The summed E-state index contributed by atoms with van der Waals surface area (Å²) < 4.78 is 0. The summed E-state index contributed by atoms with van der Waals surface area (Å²) in [6.07, 6.45) is 1.03. The Morgan fingerprint density at radius 1 is 1.24 bits per heavy atom. The molecule has 1 saturated heterocycles. The molecular weight excluding hydrogens is 212 g/mol. The Kier molecular flexibility index (Phi) is 2.44. The third-order valence-electron chi connectivity index (χ3n) is 3.38. The van der Waals surface area contributed by atoms with Gasteiger partial charge in [0.15, 0.2) is 5.82 Å².